The number of carbonyl (C=O) groups excluding carboxylic acids is 4. The molecule has 1 saturated carbocycles. The highest BCUT2D eigenvalue weighted by Crippen LogP contribution is 2.38. The molecule has 392 valence electrons. The van der Waals surface area contributed by atoms with Gasteiger partial charge in [0, 0.05) is 39.0 Å². The zero-order chi connectivity index (χ0) is 50.8. The van der Waals surface area contributed by atoms with E-state index in [1.54, 1.807) is 21.0 Å². The fourth-order valence-corrected chi connectivity index (χ4v) is 10.6. The molecule has 4 aliphatic rings. The van der Waals surface area contributed by atoms with E-state index in [0.717, 1.165) is 12.0 Å². The maximum Gasteiger partial charge on any atom is 0.329 e. The normalized spacial score (nSPS) is 36.3. The summed E-state index contributed by atoms with van der Waals surface area (Å²) in [5.74, 6) is -6.39. The number of methoxy groups -OCH3 is 2. The zero-order valence-corrected chi connectivity index (χ0v) is 43.1. The van der Waals surface area contributed by atoms with E-state index in [2.05, 4.69) is 0 Å². The van der Waals surface area contributed by atoms with Gasteiger partial charge in [-0.3, -0.25) is 14.4 Å². The van der Waals surface area contributed by atoms with Crippen LogP contribution in [-0.2, 0) is 47.6 Å². The number of aliphatic hydroxyl groups is 4. The lowest BCUT2D eigenvalue weighted by Gasteiger charge is -2.43. The largest absolute Gasteiger partial charge is 0.461 e. The van der Waals surface area contributed by atoms with Crippen molar-refractivity contribution in [3.8, 4) is 0 Å². The van der Waals surface area contributed by atoms with Gasteiger partial charge in [0.15, 0.2) is 5.78 Å². The van der Waals surface area contributed by atoms with Crippen LogP contribution < -0.4 is 0 Å². The molecule has 69 heavy (non-hydrogen) atoms. The minimum Gasteiger partial charge on any atom is -0.461 e. The first-order chi connectivity index (χ1) is 32.8. The number of piperidine rings is 1. The molecule has 3 heterocycles. The molecule has 3 fully saturated rings. The van der Waals surface area contributed by atoms with Gasteiger partial charge in [0.1, 0.15) is 24.4 Å². The summed E-state index contributed by atoms with van der Waals surface area (Å²) in [5.41, 5.74) is 1.44. The first kappa shape index (κ1) is 58.5. The molecular formula is C54H87NO14. The van der Waals surface area contributed by atoms with Crippen LogP contribution in [0.3, 0.4) is 0 Å². The Morgan fingerprint density at radius 3 is 2.29 bits per heavy atom. The predicted octanol–water partition coefficient (Wildman–Crippen LogP) is 6.38. The first-order valence-electron chi connectivity index (χ1n) is 25.8. The number of nitrogens with zero attached hydrogens (tertiary/aromatic N) is 1. The van der Waals surface area contributed by atoms with E-state index in [0.29, 0.717) is 69.8 Å². The second-order valence-corrected chi connectivity index (χ2v) is 20.7. The van der Waals surface area contributed by atoms with Crippen LogP contribution in [0.1, 0.15) is 132 Å². The van der Waals surface area contributed by atoms with E-state index < -0.39 is 77.9 Å². The van der Waals surface area contributed by atoms with E-state index >= 15 is 0 Å². The number of hydrogen-bond donors (Lipinski definition) is 4. The maximum absolute atomic E-state index is 14.5. The van der Waals surface area contributed by atoms with Gasteiger partial charge in [0.25, 0.3) is 11.7 Å². The van der Waals surface area contributed by atoms with Gasteiger partial charge in [-0.25, -0.2) is 4.79 Å². The molecule has 2 bridgehead atoms. The Morgan fingerprint density at radius 2 is 1.58 bits per heavy atom. The summed E-state index contributed by atoms with van der Waals surface area (Å²) < 4.78 is 35.6. The van der Waals surface area contributed by atoms with Crippen LogP contribution >= 0.6 is 0 Å². The molecule has 0 aromatic rings. The van der Waals surface area contributed by atoms with Gasteiger partial charge in [-0.2, -0.15) is 0 Å². The Morgan fingerprint density at radius 1 is 0.826 bits per heavy atom. The number of carbonyl (C=O) groups is 4. The average Bonchev–Trinajstić information content (AvgIpc) is 3.32. The number of esters is 1. The van der Waals surface area contributed by atoms with Gasteiger partial charge in [0.2, 0.25) is 5.79 Å². The third-order valence-corrected chi connectivity index (χ3v) is 15.0. The highest BCUT2D eigenvalue weighted by Gasteiger charge is 2.53. The third-order valence-electron chi connectivity index (χ3n) is 15.0. The molecule has 1 amide bonds. The number of aliphatic hydroxyl groups excluding tert-OH is 3. The van der Waals surface area contributed by atoms with Crippen molar-refractivity contribution in [3.05, 3.63) is 47.6 Å². The molecule has 0 aromatic heterocycles. The number of allylic oxidation sites excluding steroid dienone is 6. The van der Waals surface area contributed by atoms with Crippen LogP contribution in [0.2, 0.25) is 0 Å². The summed E-state index contributed by atoms with van der Waals surface area (Å²) in [4.78, 5) is 58.2. The van der Waals surface area contributed by atoms with Crippen LogP contribution in [0, 0.1) is 35.5 Å². The number of ketones is 2. The van der Waals surface area contributed by atoms with Crippen LogP contribution in [0.4, 0.5) is 0 Å². The molecule has 15 atom stereocenters. The van der Waals surface area contributed by atoms with E-state index in [1.807, 2.05) is 71.1 Å². The number of ether oxygens (including phenoxy) is 6. The van der Waals surface area contributed by atoms with Crippen LogP contribution in [0.15, 0.2) is 47.6 Å². The Labute approximate surface area is 412 Å². The van der Waals surface area contributed by atoms with Crippen molar-refractivity contribution < 1.29 is 68.0 Å². The van der Waals surface area contributed by atoms with Crippen molar-refractivity contribution in [2.75, 3.05) is 47.2 Å². The Hall–Kier alpha value is -3.12. The van der Waals surface area contributed by atoms with Gasteiger partial charge in [-0.1, -0.05) is 71.1 Å². The van der Waals surface area contributed by atoms with Crippen molar-refractivity contribution in [3.63, 3.8) is 0 Å². The monoisotopic (exact) mass is 974 g/mol. The molecule has 0 spiro atoms. The smallest absolute Gasteiger partial charge is 0.329 e. The Kier molecular flexibility index (Phi) is 24.4. The van der Waals surface area contributed by atoms with E-state index in [1.165, 1.54) is 12.0 Å². The van der Waals surface area contributed by atoms with Crippen molar-refractivity contribution in [2.45, 2.75) is 186 Å². The second kappa shape index (κ2) is 28.8. The SMILES string of the molecule is CO[C@@H]1C[C@H](C[C@@H](C)[C@@H]2CC[C@H](C)C=C(C)[C@@H](O)[C@@H](OC)C(=O)[C@H](C)C[C@H](C)C=CC=CC=C(C)C(OCCOCCO)C[C@@H]3CC[C@@H](C)[C@@](O)(O3)C(=O)C(=O)N3CCCC[C@H]3C(=O)O2)CC[C@H]1O. The first-order valence-corrected chi connectivity index (χ1v) is 25.8. The molecule has 4 N–H and O–H groups in total. The number of fused-ring (bicyclic) bond motifs is 3. The van der Waals surface area contributed by atoms with Crippen molar-refractivity contribution in [1.29, 1.82) is 0 Å². The van der Waals surface area contributed by atoms with E-state index in [-0.39, 0.29) is 81.4 Å². The van der Waals surface area contributed by atoms with Gasteiger partial charge in [-0.15, -0.1) is 0 Å². The number of amides is 1. The zero-order valence-electron chi connectivity index (χ0n) is 43.1. The minimum absolute atomic E-state index is 0.0338. The quantitative estimate of drug-likeness (QED) is 0.0768. The van der Waals surface area contributed by atoms with Gasteiger partial charge in [-0.05, 0) is 126 Å². The molecular weight excluding hydrogens is 887 g/mol. The summed E-state index contributed by atoms with van der Waals surface area (Å²) in [6.45, 7) is 14.0. The second-order valence-electron chi connectivity index (χ2n) is 20.7. The highest BCUT2D eigenvalue weighted by atomic mass is 16.6. The third kappa shape index (κ3) is 17.0. The van der Waals surface area contributed by atoms with E-state index in [4.69, 9.17) is 28.4 Å². The summed E-state index contributed by atoms with van der Waals surface area (Å²) in [5, 5.41) is 43.3. The summed E-state index contributed by atoms with van der Waals surface area (Å²) in [6.07, 6.45) is 13.8. The summed E-state index contributed by atoms with van der Waals surface area (Å²) >= 11 is 0. The fraction of sp³-hybridized carbons (Fsp3) is 0.778. The summed E-state index contributed by atoms with van der Waals surface area (Å²) in [7, 11) is 3.04. The average molecular weight is 974 g/mol. The molecule has 2 saturated heterocycles. The standard InChI is InChI=1S/C54H87NO14/c1-34-15-11-10-12-16-36(3)46(67-28-27-66-26-25-56)33-42-21-19-40(7)54(63,69-42)51(60)52(61)55-24-14-13-17-43(55)53(62)68-45(37(4)31-41-20-22-44(57)47(32-41)64-8)23-18-35(2)30-39(6)49(59)50(65-9)48(58)38(5)29-34/h10-12,15-16,30,34-35,37-38,40-47,49-50,56-57,59,63H,13-14,17-29,31-33H2,1-9H3/t34-,35+,37-,38-,40-,41+,42+,43+,44-,45+,46?,47-,49-,50+,54-/m1/s1. The molecule has 15 heteroatoms. The topological polar surface area (TPSA) is 208 Å². The Bertz CT molecular complexity index is 1760. The van der Waals surface area contributed by atoms with Crippen molar-refractivity contribution >= 4 is 23.4 Å². The molecule has 1 aliphatic carbocycles. The fourth-order valence-electron chi connectivity index (χ4n) is 10.6. The highest BCUT2D eigenvalue weighted by molar-refractivity contribution is 6.39. The molecule has 3 aliphatic heterocycles. The predicted molar refractivity (Wildman–Crippen MR) is 262 cm³/mol. The van der Waals surface area contributed by atoms with Gasteiger partial charge >= 0.3 is 5.97 Å². The molecule has 1 unspecified atom stereocenters. The number of hydrogen-bond acceptors (Lipinski definition) is 14. The number of Topliss-reactive ketones (excluding diaryl/α,β-unsaturated/α-hetero) is 2. The molecule has 0 radical (unpaired) electrons. The van der Waals surface area contributed by atoms with Gasteiger partial charge in [0.05, 0.1) is 50.8 Å². The maximum atomic E-state index is 14.5. The van der Waals surface area contributed by atoms with Crippen LogP contribution in [0.5, 0.6) is 0 Å². The lowest BCUT2D eigenvalue weighted by molar-refractivity contribution is -0.266. The number of cyclic esters (lactones) is 1. The lowest BCUT2D eigenvalue weighted by atomic mass is 9.78. The van der Waals surface area contributed by atoms with E-state index in [9.17, 15) is 39.6 Å². The number of rotatable bonds is 11. The van der Waals surface area contributed by atoms with Gasteiger partial charge < -0.3 is 53.7 Å². The minimum atomic E-state index is -2.44. The van der Waals surface area contributed by atoms with Crippen molar-refractivity contribution in [1.82, 2.24) is 4.90 Å². The van der Waals surface area contributed by atoms with Crippen LogP contribution in [-0.4, -0.2) is 151 Å². The molecule has 15 nitrogen and oxygen atoms in total. The lowest BCUT2D eigenvalue weighted by Crippen LogP contribution is -2.61. The summed E-state index contributed by atoms with van der Waals surface area (Å²) in [6, 6.07) is -1.05. The van der Waals surface area contributed by atoms with Crippen molar-refractivity contribution in [2.24, 2.45) is 35.5 Å². The Balaban J connectivity index is 1.69. The van der Waals surface area contributed by atoms with Crippen LogP contribution in [0.25, 0.3) is 0 Å². The molecule has 4 rings (SSSR count). The molecule has 0 aromatic carbocycles.